The molecule has 0 fully saturated rings. The molecule has 4 N–H and O–H groups in total. The fraction of sp³-hybridized carbons (Fsp3) is 0.200. The Morgan fingerprint density at radius 1 is 0.944 bits per heavy atom. The van der Waals surface area contributed by atoms with Crippen molar-refractivity contribution in [2.45, 2.75) is 6.42 Å². The number of nitrogens with two attached hydrogens (primary N) is 2. The topological polar surface area (TPSA) is 52.0 Å². The Balaban J connectivity index is 0.000000289. The molecule has 0 bridgehead atoms. The molecule has 1 aliphatic rings. The van der Waals surface area contributed by atoms with Crippen molar-refractivity contribution >= 4 is 16.8 Å². The van der Waals surface area contributed by atoms with Crippen LogP contribution in [0.25, 0.3) is 16.8 Å². The minimum Gasteiger partial charge on any atom is -0.329 e. The van der Waals surface area contributed by atoms with Gasteiger partial charge in [0.05, 0.1) is 0 Å². The predicted octanol–water partition coefficient (Wildman–Crippen LogP) is 2.31. The summed E-state index contributed by atoms with van der Waals surface area (Å²) < 4.78 is 0. The van der Waals surface area contributed by atoms with E-state index in [0.29, 0.717) is 13.1 Å². The number of allylic oxidation sites excluding steroid dienone is 1. The van der Waals surface area contributed by atoms with E-state index in [1.807, 2.05) is 0 Å². The average molecular weight is 282 g/mol. The summed E-state index contributed by atoms with van der Waals surface area (Å²) in [6.07, 6.45) is 5.53. The summed E-state index contributed by atoms with van der Waals surface area (Å²) in [5, 5.41) is 2.80. The van der Waals surface area contributed by atoms with Crippen LogP contribution >= 0.6 is 0 Å². The SMILES string of the molecule is C1=Cc2cccc3cccc(c23)C1.NCCN.[Fe]. The Morgan fingerprint density at radius 2 is 1.61 bits per heavy atom. The van der Waals surface area contributed by atoms with Crippen molar-refractivity contribution in [3.63, 3.8) is 0 Å². The number of rotatable bonds is 1. The number of hydrogen-bond acceptors (Lipinski definition) is 2. The van der Waals surface area contributed by atoms with Crippen molar-refractivity contribution in [3.05, 3.63) is 53.6 Å². The van der Waals surface area contributed by atoms with Crippen LogP contribution < -0.4 is 11.5 Å². The van der Waals surface area contributed by atoms with E-state index in [4.69, 9.17) is 11.5 Å². The molecular formula is C15H18FeN2. The predicted molar refractivity (Wildman–Crippen MR) is 74.8 cm³/mol. The molecule has 18 heavy (non-hydrogen) atoms. The molecule has 0 heterocycles. The van der Waals surface area contributed by atoms with Gasteiger partial charge < -0.3 is 11.5 Å². The Labute approximate surface area is 119 Å². The van der Waals surface area contributed by atoms with Gasteiger partial charge in [-0.25, -0.2) is 0 Å². The van der Waals surface area contributed by atoms with Crippen LogP contribution in [0.2, 0.25) is 0 Å². The van der Waals surface area contributed by atoms with Gasteiger partial charge in [-0.1, -0.05) is 48.6 Å². The number of benzene rings is 2. The van der Waals surface area contributed by atoms with Crippen LogP contribution in [0.1, 0.15) is 11.1 Å². The normalized spacial score (nSPS) is 11.4. The zero-order valence-corrected chi connectivity index (χ0v) is 11.4. The average Bonchev–Trinajstić information content (AvgIpc) is 2.40. The van der Waals surface area contributed by atoms with Gasteiger partial charge in [0.1, 0.15) is 0 Å². The van der Waals surface area contributed by atoms with E-state index in [1.165, 1.54) is 21.9 Å². The van der Waals surface area contributed by atoms with Crippen LogP contribution in [-0.2, 0) is 23.5 Å². The van der Waals surface area contributed by atoms with Gasteiger partial charge in [0.2, 0.25) is 0 Å². The first-order chi connectivity index (χ1) is 8.36. The van der Waals surface area contributed by atoms with E-state index in [1.54, 1.807) is 0 Å². The summed E-state index contributed by atoms with van der Waals surface area (Å²) in [5.74, 6) is 0. The molecule has 2 aromatic carbocycles. The Kier molecular flexibility index (Phi) is 6.10. The van der Waals surface area contributed by atoms with Gasteiger partial charge in [0.25, 0.3) is 0 Å². The molecule has 2 aromatic rings. The maximum Gasteiger partial charge on any atom is 0.00461 e. The van der Waals surface area contributed by atoms with E-state index >= 15 is 0 Å². The van der Waals surface area contributed by atoms with Crippen LogP contribution in [0, 0.1) is 0 Å². The summed E-state index contributed by atoms with van der Waals surface area (Å²) in [4.78, 5) is 0. The van der Waals surface area contributed by atoms with E-state index in [9.17, 15) is 0 Å². The molecule has 0 spiro atoms. The fourth-order valence-corrected chi connectivity index (χ4v) is 2.07. The van der Waals surface area contributed by atoms with Gasteiger partial charge in [-0.3, -0.25) is 0 Å². The van der Waals surface area contributed by atoms with Crippen molar-refractivity contribution in [2.24, 2.45) is 11.5 Å². The van der Waals surface area contributed by atoms with E-state index in [0.717, 1.165) is 6.42 Å². The zero-order valence-electron chi connectivity index (χ0n) is 10.2. The van der Waals surface area contributed by atoms with Gasteiger partial charge in [-0.05, 0) is 28.3 Å². The van der Waals surface area contributed by atoms with Crippen molar-refractivity contribution in [2.75, 3.05) is 13.1 Å². The number of hydrogen-bond donors (Lipinski definition) is 2. The van der Waals surface area contributed by atoms with Crippen LogP contribution in [0.15, 0.2) is 42.5 Å². The molecule has 0 amide bonds. The van der Waals surface area contributed by atoms with Crippen LogP contribution in [0.3, 0.4) is 0 Å². The van der Waals surface area contributed by atoms with Gasteiger partial charge >= 0.3 is 0 Å². The molecule has 0 unspecified atom stereocenters. The first-order valence-electron chi connectivity index (χ1n) is 5.94. The van der Waals surface area contributed by atoms with E-state index in [-0.39, 0.29) is 17.1 Å². The first-order valence-corrected chi connectivity index (χ1v) is 5.94. The Hall–Kier alpha value is -1.12. The second kappa shape index (κ2) is 7.34. The zero-order chi connectivity index (χ0) is 12.1. The van der Waals surface area contributed by atoms with Gasteiger partial charge in [-0.15, -0.1) is 0 Å². The second-order valence-corrected chi connectivity index (χ2v) is 4.05. The summed E-state index contributed by atoms with van der Waals surface area (Å²) in [5.41, 5.74) is 12.6. The molecule has 0 radical (unpaired) electrons. The third-order valence-electron chi connectivity index (χ3n) is 2.83. The largest absolute Gasteiger partial charge is 0.329 e. The summed E-state index contributed by atoms with van der Waals surface area (Å²) in [7, 11) is 0. The monoisotopic (exact) mass is 282 g/mol. The Bertz CT molecular complexity index is 528. The molecule has 0 atom stereocenters. The van der Waals surface area contributed by atoms with Crippen LogP contribution in [0.5, 0.6) is 0 Å². The summed E-state index contributed by atoms with van der Waals surface area (Å²) in [6, 6.07) is 13.0. The molecule has 0 aromatic heterocycles. The minimum absolute atomic E-state index is 0. The van der Waals surface area contributed by atoms with Crippen molar-refractivity contribution in [1.29, 1.82) is 0 Å². The van der Waals surface area contributed by atoms with Gasteiger partial charge in [0.15, 0.2) is 0 Å². The van der Waals surface area contributed by atoms with Crippen molar-refractivity contribution < 1.29 is 17.1 Å². The molecule has 2 nitrogen and oxygen atoms in total. The summed E-state index contributed by atoms with van der Waals surface area (Å²) >= 11 is 0. The molecule has 96 valence electrons. The molecule has 1 aliphatic carbocycles. The minimum atomic E-state index is 0. The smallest absolute Gasteiger partial charge is 0.00461 e. The summed E-state index contributed by atoms with van der Waals surface area (Å²) in [6.45, 7) is 1.19. The second-order valence-electron chi connectivity index (χ2n) is 4.05. The molecule has 0 saturated heterocycles. The van der Waals surface area contributed by atoms with E-state index < -0.39 is 0 Å². The third kappa shape index (κ3) is 3.21. The molecule has 3 rings (SSSR count). The maximum absolute atomic E-state index is 4.90. The van der Waals surface area contributed by atoms with Crippen LogP contribution in [-0.4, -0.2) is 13.1 Å². The van der Waals surface area contributed by atoms with Crippen molar-refractivity contribution in [3.8, 4) is 0 Å². The van der Waals surface area contributed by atoms with E-state index in [2.05, 4.69) is 48.6 Å². The maximum atomic E-state index is 4.90. The molecule has 0 saturated carbocycles. The van der Waals surface area contributed by atoms with Crippen LogP contribution in [0.4, 0.5) is 0 Å². The quantitative estimate of drug-likeness (QED) is 0.789. The van der Waals surface area contributed by atoms with Crippen molar-refractivity contribution in [1.82, 2.24) is 0 Å². The standard InChI is InChI=1S/C13H10.C2H8N2.Fe/c1-4-10-6-2-8-12-9-3-7-11(5-1)13(10)12;3-1-2-4;/h1-8H,9H2;1-4H2;. The van der Waals surface area contributed by atoms with Gasteiger partial charge in [-0.2, -0.15) is 0 Å². The Morgan fingerprint density at radius 3 is 2.28 bits per heavy atom. The molecule has 0 aliphatic heterocycles. The van der Waals surface area contributed by atoms with Gasteiger partial charge in [0, 0.05) is 30.2 Å². The fourth-order valence-electron chi connectivity index (χ4n) is 2.07. The first kappa shape index (κ1) is 14.9. The molecule has 3 heteroatoms. The molecular weight excluding hydrogens is 264 g/mol. The third-order valence-corrected chi connectivity index (χ3v) is 2.83.